The number of benzene rings is 1. The van der Waals surface area contributed by atoms with Crippen molar-refractivity contribution in [3.63, 3.8) is 0 Å². The molecule has 0 radical (unpaired) electrons. The molecule has 0 unspecified atom stereocenters. The molecule has 7 heteroatoms. The van der Waals surface area contributed by atoms with E-state index in [1.54, 1.807) is 13.2 Å². The highest BCUT2D eigenvalue weighted by Crippen LogP contribution is 2.28. The van der Waals surface area contributed by atoms with Crippen molar-refractivity contribution in [3.05, 3.63) is 23.8 Å². The van der Waals surface area contributed by atoms with Gasteiger partial charge in [0, 0.05) is 0 Å². The van der Waals surface area contributed by atoms with E-state index in [1.165, 1.54) is 4.68 Å². The number of rotatable bonds is 4. The molecule has 1 N–H and O–H groups in total. The monoisotopic (exact) mass is 248 g/mol. The van der Waals surface area contributed by atoms with Crippen LogP contribution in [0.1, 0.15) is 5.56 Å². The number of nitrogens with zero attached hydrogens (tertiary/aromatic N) is 4. The van der Waals surface area contributed by atoms with E-state index in [2.05, 4.69) is 15.5 Å². The van der Waals surface area contributed by atoms with Crippen molar-refractivity contribution in [2.24, 2.45) is 0 Å². The predicted octanol–water partition coefficient (Wildman–Crippen LogP) is 0.742. The standard InChI is InChI=1S/C11H12N4O3/c1-7-3-4-9(18-2)8(5-7)11-12-13-14-15(11)6-10(16)17/h3-5H,6H2,1-2H3,(H,16,17). The Morgan fingerprint density at radius 2 is 2.28 bits per heavy atom. The van der Waals surface area contributed by atoms with Gasteiger partial charge in [0.25, 0.3) is 0 Å². The van der Waals surface area contributed by atoms with Crippen molar-refractivity contribution >= 4 is 5.97 Å². The molecule has 0 bridgehead atoms. The SMILES string of the molecule is COc1ccc(C)cc1-c1nnnn1CC(=O)O. The molecule has 94 valence electrons. The summed E-state index contributed by atoms with van der Waals surface area (Å²) in [6.45, 7) is 1.63. The normalized spacial score (nSPS) is 10.3. The van der Waals surface area contributed by atoms with Crippen molar-refractivity contribution in [2.75, 3.05) is 7.11 Å². The van der Waals surface area contributed by atoms with Gasteiger partial charge in [0.1, 0.15) is 12.3 Å². The van der Waals surface area contributed by atoms with E-state index in [4.69, 9.17) is 9.84 Å². The number of hydrogen-bond acceptors (Lipinski definition) is 5. The third kappa shape index (κ3) is 2.29. The van der Waals surface area contributed by atoms with Gasteiger partial charge in [-0.1, -0.05) is 11.6 Å². The van der Waals surface area contributed by atoms with Crippen LogP contribution in [0.5, 0.6) is 5.75 Å². The molecule has 1 heterocycles. The molecule has 0 aliphatic heterocycles. The van der Waals surface area contributed by atoms with Crippen LogP contribution in [-0.4, -0.2) is 38.4 Å². The molecule has 7 nitrogen and oxygen atoms in total. The number of tetrazole rings is 1. The highest BCUT2D eigenvalue weighted by Gasteiger charge is 2.15. The van der Waals surface area contributed by atoms with Crippen LogP contribution >= 0.6 is 0 Å². The quantitative estimate of drug-likeness (QED) is 0.858. The molecule has 0 aliphatic carbocycles. The van der Waals surface area contributed by atoms with Gasteiger partial charge in [0.05, 0.1) is 12.7 Å². The van der Waals surface area contributed by atoms with E-state index in [-0.39, 0.29) is 6.54 Å². The van der Waals surface area contributed by atoms with E-state index in [9.17, 15) is 4.79 Å². The van der Waals surface area contributed by atoms with Gasteiger partial charge in [0.2, 0.25) is 0 Å². The zero-order chi connectivity index (χ0) is 13.1. The average Bonchev–Trinajstić information content (AvgIpc) is 2.76. The Labute approximate surface area is 103 Å². The van der Waals surface area contributed by atoms with Crippen LogP contribution in [0.2, 0.25) is 0 Å². The number of methoxy groups -OCH3 is 1. The molecular weight excluding hydrogens is 236 g/mol. The second-order valence-electron chi connectivity index (χ2n) is 3.76. The second kappa shape index (κ2) is 4.82. The van der Waals surface area contributed by atoms with Crippen LogP contribution in [-0.2, 0) is 11.3 Å². The number of aryl methyl sites for hydroxylation is 1. The molecule has 2 aromatic rings. The van der Waals surface area contributed by atoms with Crippen molar-refractivity contribution in [1.29, 1.82) is 0 Å². The molecule has 0 amide bonds. The number of aromatic nitrogens is 4. The Kier molecular flexibility index (Phi) is 3.22. The predicted molar refractivity (Wildman–Crippen MR) is 62.2 cm³/mol. The molecule has 0 saturated carbocycles. The molecule has 0 aliphatic rings. The van der Waals surface area contributed by atoms with E-state index in [1.807, 2.05) is 19.1 Å². The van der Waals surface area contributed by atoms with Gasteiger partial charge in [0.15, 0.2) is 5.82 Å². The molecule has 0 atom stereocenters. The Hall–Kier alpha value is -2.44. The fourth-order valence-electron chi connectivity index (χ4n) is 1.63. The third-order valence-corrected chi connectivity index (χ3v) is 2.41. The summed E-state index contributed by atoms with van der Waals surface area (Å²) in [5.41, 5.74) is 1.68. The minimum absolute atomic E-state index is 0.292. The van der Waals surface area contributed by atoms with E-state index >= 15 is 0 Å². The largest absolute Gasteiger partial charge is 0.496 e. The summed E-state index contributed by atoms with van der Waals surface area (Å²) in [7, 11) is 1.54. The van der Waals surface area contributed by atoms with Gasteiger partial charge in [-0.2, -0.15) is 0 Å². The summed E-state index contributed by atoms with van der Waals surface area (Å²) in [5, 5.41) is 19.8. The van der Waals surface area contributed by atoms with Gasteiger partial charge < -0.3 is 9.84 Å². The van der Waals surface area contributed by atoms with Crippen molar-refractivity contribution in [2.45, 2.75) is 13.5 Å². The molecule has 1 aromatic carbocycles. The highest BCUT2D eigenvalue weighted by molar-refractivity contribution is 5.69. The summed E-state index contributed by atoms with van der Waals surface area (Å²) in [5.74, 6) is -0.0323. The van der Waals surface area contributed by atoms with Crippen molar-refractivity contribution < 1.29 is 14.6 Å². The minimum atomic E-state index is -1.00. The number of hydrogen-bond donors (Lipinski definition) is 1. The van der Waals surface area contributed by atoms with Gasteiger partial charge in [-0.15, -0.1) is 5.10 Å². The van der Waals surface area contributed by atoms with Crippen LogP contribution in [0.4, 0.5) is 0 Å². The summed E-state index contributed by atoms with van der Waals surface area (Å²) in [4.78, 5) is 10.7. The van der Waals surface area contributed by atoms with Gasteiger partial charge >= 0.3 is 5.97 Å². The maximum absolute atomic E-state index is 10.7. The van der Waals surface area contributed by atoms with Crippen LogP contribution in [0.25, 0.3) is 11.4 Å². The molecule has 2 rings (SSSR count). The van der Waals surface area contributed by atoms with Gasteiger partial charge in [-0.3, -0.25) is 4.79 Å². The first-order valence-electron chi connectivity index (χ1n) is 5.25. The first-order chi connectivity index (χ1) is 8.61. The van der Waals surface area contributed by atoms with E-state index < -0.39 is 5.97 Å². The summed E-state index contributed by atoms with van der Waals surface area (Å²) in [6, 6.07) is 5.54. The van der Waals surface area contributed by atoms with Gasteiger partial charge in [-0.25, -0.2) is 4.68 Å². The zero-order valence-electron chi connectivity index (χ0n) is 9.99. The highest BCUT2D eigenvalue weighted by atomic mass is 16.5. The first-order valence-corrected chi connectivity index (χ1v) is 5.25. The Morgan fingerprint density at radius 1 is 1.50 bits per heavy atom. The maximum Gasteiger partial charge on any atom is 0.325 e. The third-order valence-electron chi connectivity index (χ3n) is 2.41. The van der Waals surface area contributed by atoms with E-state index in [0.717, 1.165) is 5.56 Å². The molecule has 0 saturated heterocycles. The number of ether oxygens (including phenoxy) is 1. The number of carbonyl (C=O) groups is 1. The van der Waals surface area contributed by atoms with Gasteiger partial charge in [-0.05, 0) is 29.5 Å². The van der Waals surface area contributed by atoms with Crippen LogP contribution in [0, 0.1) is 6.92 Å². The maximum atomic E-state index is 10.7. The average molecular weight is 248 g/mol. The van der Waals surface area contributed by atoms with Crippen LogP contribution in [0.15, 0.2) is 18.2 Å². The van der Waals surface area contributed by atoms with Crippen molar-refractivity contribution in [1.82, 2.24) is 20.2 Å². The van der Waals surface area contributed by atoms with Crippen LogP contribution in [0.3, 0.4) is 0 Å². The number of aliphatic carboxylic acids is 1. The lowest BCUT2D eigenvalue weighted by atomic mass is 10.1. The lowest BCUT2D eigenvalue weighted by Crippen LogP contribution is -2.12. The second-order valence-corrected chi connectivity index (χ2v) is 3.76. The Morgan fingerprint density at radius 3 is 2.94 bits per heavy atom. The number of carboxylic acid groups (broad SMARTS) is 1. The summed E-state index contributed by atoms with van der Waals surface area (Å²) < 4.78 is 6.45. The molecule has 0 spiro atoms. The summed E-state index contributed by atoms with van der Waals surface area (Å²) in [6.07, 6.45) is 0. The Balaban J connectivity index is 2.51. The zero-order valence-corrected chi connectivity index (χ0v) is 9.99. The Bertz CT molecular complexity index is 579. The van der Waals surface area contributed by atoms with E-state index in [0.29, 0.717) is 17.1 Å². The number of carboxylic acids is 1. The van der Waals surface area contributed by atoms with Crippen LogP contribution < -0.4 is 4.74 Å². The fourth-order valence-corrected chi connectivity index (χ4v) is 1.63. The smallest absolute Gasteiger partial charge is 0.325 e. The molecule has 0 fully saturated rings. The fraction of sp³-hybridized carbons (Fsp3) is 0.273. The lowest BCUT2D eigenvalue weighted by molar-refractivity contribution is -0.137. The molecular formula is C11H12N4O3. The van der Waals surface area contributed by atoms with Crippen molar-refractivity contribution in [3.8, 4) is 17.1 Å². The summed E-state index contributed by atoms with van der Waals surface area (Å²) >= 11 is 0. The molecule has 18 heavy (non-hydrogen) atoms. The minimum Gasteiger partial charge on any atom is -0.496 e. The first kappa shape index (κ1) is 12.0. The molecule has 1 aromatic heterocycles. The topological polar surface area (TPSA) is 90.1 Å². The lowest BCUT2D eigenvalue weighted by Gasteiger charge is -2.08.